The lowest BCUT2D eigenvalue weighted by molar-refractivity contribution is -0.140. The molecule has 0 unspecified atom stereocenters. The second-order valence-corrected chi connectivity index (χ2v) is 2.25. The molecule has 3 nitrogen and oxygen atoms in total. The van der Waals surface area contributed by atoms with Gasteiger partial charge in [0.1, 0.15) is 0 Å². The normalized spacial score (nSPS) is 59.1. The quantitative estimate of drug-likeness (QED) is 0.694. The van der Waals surface area contributed by atoms with Crippen LogP contribution in [0.15, 0.2) is 0 Å². The van der Waals surface area contributed by atoms with E-state index in [1.165, 1.54) is 0 Å². The van der Waals surface area contributed by atoms with E-state index in [4.69, 9.17) is 27.3 Å². The van der Waals surface area contributed by atoms with Crippen molar-refractivity contribution in [3.63, 3.8) is 0 Å². The molecule has 0 aliphatic heterocycles. The van der Waals surface area contributed by atoms with E-state index in [9.17, 15) is 4.79 Å². The van der Waals surface area contributed by atoms with E-state index in [1.807, 2.05) is 0 Å². The summed E-state index contributed by atoms with van der Waals surface area (Å²) in [5, 5.41) is 9.04. The highest BCUT2D eigenvalue weighted by molar-refractivity contribution is 5.67. The Morgan fingerprint density at radius 1 is 1.58 bits per heavy atom. The maximum Gasteiger partial charge on any atom is 0.303 e. The number of hydrogen-bond donors (Lipinski definition) is 2. The Bertz CT molecular complexity index is 521. The van der Waals surface area contributed by atoms with Crippen molar-refractivity contribution in [3.05, 3.63) is 0 Å². The van der Waals surface area contributed by atoms with E-state index in [2.05, 4.69) is 0 Å². The SMILES string of the molecule is [2H]C([2H])(N)C1(CC(=O)O)C([2H])([2H])C([2H])([2H])C([2H])([2H])C([2H])([2H])C1([2H])[2H]. The average Bonchev–Trinajstić information content (AvgIpc) is 2.31. The van der Waals surface area contributed by atoms with Crippen LogP contribution in [0.25, 0.3) is 0 Å². The smallest absolute Gasteiger partial charge is 0.303 e. The predicted octanol–water partition coefficient (Wildman–Crippen LogP) is 1.37. The Morgan fingerprint density at radius 3 is 2.58 bits per heavy atom. The molecule has 1 rings (SSSR count). The zero-order valence-electron chi connectivity index (χ0n) is 18.1. The molecule has 1 aliphatic rings. The molecule has 0 aromatic rings. The predicted molar refractivity (Wildman–Crippen MR) is 46.8 cm³/mol. The van der Waals surface area contributed by atoms with Gasteiger partial charge >= 0.3 is 5.97 Å². The summed E-state index contributed by atoms with van der Waals surface area (Å²) >= 11 is 0. The number of carbonyl (C=O) groups is 1. The van der Waals surface area contributed by atoms with Gasteiger partial charge < -0.3 is 10.8 Å². The topological polar surface area (TPSA) is 63.3 Å². The Balaban J connectivity index is 4.09. The van der Waals surface area contributed by atoms with Crippen LogP contribution in [0.2, 0.25) is 0 Å². The van der Waals surface area contributed by atoms with Crippen LogP contribution in [0.1, 0.15) is 54.7 Å². The van der Waals surface area contributed by atoms with Gasteiger partial charge in [0.15, 0.2) is 0 Å². The molecule has 0 saturated heterocycles. The van der Waals surface area contributed by atoms with Gasteiger partial charge in [-0.15, -0.1) is 0 Å². The van der Waals surface area contributed by atoms with E-state index >= 15 is 0 Å². The second kappa shape index (κ2) is 3.90. The lowest BCUT2D eigenvalue weighted by atomic mass is 9.72. The van der Waals surface area contributed by atoms with Crippen LogP contribution in [0.3, 0.4) is 0 Å². The Kier molecular flexibility index (Phi) is 0.735. The molecular weight excluding hydrogens is 154 g/mol. The van der Waals surface area contributed by atoms with Crippen molar-refractivity contribution in [1.29, 1.82) is 0 Å². The third kappa shape index (κ3) is 2.21. The summed E-state index contributed by atoms with van der Waals surface area (Å²) in [6, 6.07) is 0. The van der Waals surface area contributed by atoms with Gasteiger partial charge in [0.2, 0.25) is 0 Å². The molecule has 3 heteroatoms. The maximum absolute atomic E-state index is 11.2. The van der Waals surface area contributed by atoms with E-state index in [1.54, 1.807) is 0 Å². The van der Waals surface area contributed by atoms with Crippen molar-refractivity contribution in [1.82, 2.24) is 0 Å². The molecule has 0 radical (unpaired) electrons. The number of carboxylic acids is 1. The summed E-state index contributed by atoms with van der Waals surface area (Å²) in [5.41, 5.74) is 1.65. The molecule has 1 aliphatic carbocycles. The number of aliphatic carboxylic acids is 1. The molecule has 0 aromatic heterocycles. The van der Waals surface area contributed by atoms with Crippen LogP contribution in [0.4, 0.5) is 0 Å². The summed E-state index contributed by atoms with van der Waals surface area (Å²) < 4.78 is 93.2. The van der Waals surface area contributed by atoms with Crippen molar-refractivity contribution >= 4 is 5.97 Å². The summed E-state index contributed by atoms with van der Waals surface area (Å²) in [4.78, 5) is 11.2. The van der Waals surface area contributed by atoms with Gasteiger partial charge in [0.25, 0.3) is 0 Å². The summed E-state index contributed by atoms with van der Waals surface area (Å²) in [6.07, 6.45) is -20.6. The number of nitrogens with two attached hydrogens (primary N) is 1. The van der Waals surface area contributed by atoms with Crippen molar-refractivity contribution in [2.75, 3.05) is 6.50 Å². The Hall–Kier alpha value is -0.570. The molecular formula is C9H17NO2. The fourth-order valence-corrected chi connectivity index (χ4v) is 0.777. The first-order chi connectivity index (χ1) is 10.2. The molecule has 0 aromatic carbocycles. The first kappa shape index (κ1) is 2.27. The van der Waals surface area contributed by atoms with Crippen LogP contribution >= 0.6 is 0 Å². The van der Waals surface area contributed by atoms with Gasteiger partial charge in [-0.05, 0) is 24.7 Å². The van der Waals surface area contributed by atoms with Gasteiger partial charge in [0.05, 0.1) is 6.42 Å². The van der Waals surface area contributed by atoms with Crippen LogP contribution < -0.4 is 5.73 Å². The molecule has 0 amide bonds. The van der Waals surface area contributed by atoms with Gasteiger partial charge in [-0.25, -0.2) is 0 Å². The minimum atomic E-state index is -3.81. The maximum atomic E-state index is 11.2. The number of carboxylic acid groups (broad SMARTS) is 1. The second-order valence-electron chi connectivity index (χ2n) is 2.25. The average molecular weight is 183 g/mol. The summed E-state index contributed by atoms with van der Waals surface area (Å²) in [6.45, 7) is -3.53. The van der Waals surface area contributed by atoms with Gasteiger partial charge in [-0.1, -0.05) is 19.1 Å². The van der Waals surface area contributed by atoms with Gasteiger partial charge in [-0.2, -0.15) is 0 Å². The van der Waals surface area contributed by atoms with Crippen LogP contribution in [-0.4, -0.2) is 17.6 Å². The molecule has 0 heterocycles. The number of hydrogen-bond acceptors (Lipinski definition) is 2. The monoisotopic (exact) mass is 183 g/mol. The van der Waals surface area contributed by atoms with Gasteiger partial charge in [0, 0.05) is 16.4 Å². The first-order valence-electron chi connectivity index (χ1n) is 9.17. The molecule has 12 heavy (non-hydrogen) atoms. The van der Waals surface area contributed by atoms with Crippen LogP contribution in [-0.2, 0) is 4.79 Å². The molecule has 3 N–H and O–H groups in total. The largest absolute Gasteiger partial charge is 0.481 e. The molecule has 1 fully saturated rings. The summed E-state index contributed by atoms with van der Waals surface area (Å²) in [5.74, 6) is -1.94. The highest BCUT2D eigenvalue weighted by Crippen LogP contribution is 2.38. The van der Waals surface area contributed by atoms with E-state index in [0.717, 1.165) is 0 Å². The van der Waals surface area contributed by atoms with Crippen LogP contribution in [0.5, 0.6) is 0 Å². The van der Waals surface area contributed by atoms with Crippen LogP contribution in [0, 0.1) is 5.41 Å². The van der Waals surface area contributed by atoms with E-state index in [0.29, 0.717) is 0 Å². The van der Waals surface area contributed by atoms with E-state index in [-0.39, 0.29) is 0 Å². The first-order valence-corrected chi connectivity index (χ1v) is 3.17. The molecule has 0 bridgehead atoms. The zero-order valence-corrected chi connectivity index (χ0v) is 6.14. The minimum absolute atomic E-state index is 1.69. The lowest BCUT2D eigenvalue weighted by Gasteiger charge is -2.34. The van der Waals surface area contributed by atoms with Crippen molar-refractivity contribution in [2.24, 2.45) is 11.1 Å². The Morgan fingerprint density at radius 2 is 2.17 bits per heavy atom. The highest BCUT2D eigenvalue weighted by atomic mass is 16.4. The third-order valence-electron chi connectivity index (χ3n) is 1.34. The molecule has 70 valence electrons. The highest BCUT2D eigenvalue weighted by Gasteiger charge is 2.32. The van der Waals surface area contributed by atoms with Crippen molar-refractivity contribution in [3.8, 4) is 0 Å². The fraction of sp³-hybridized carbons (Fsp3) is 0.889. The third-order valence-corrected chi connectivity index (χ3v) is 1.34. The Labute approximate surface area is 89.8 Å². The number of rotatable bonds is 3. The zero-order chi connectivity index (χ0) is 19.8. The van der Waals surface area contributed by atoms with E-state index < -0.39 is 56.2 Å². The van der Waals surface area contributed by atoms with Gasteiger partial charge in [-0.3, -0.25) is 4.79 Å². The van der Waals surface area contributed by atoms with Crippen molar-refractivity contribution in [2.45, 2.75) is 38.3 Å². The lowest BCUT2D eigenvalue weighted by Crippen LogP contribution is -2.34. The standard InChI is InChI=1S/C9H17NO2/c10-7-9(6-8(11)12)4-2-1-3-5-9/h1-7,10H2,(H,11,12)/i1D2,2D2,3D2,4D2,5D2,7D2. The molecule has 1 saturated carbocycles. The minimum Gasteiger partial charge on any atom is -0.481 e. The molecule has 0 spiro atoms. The van der Waals surface area contributed by atoms with Crippen molar-refractivity contribution < 1.29 is 26.4 Å². The molecule has 0 atom stereocenters. The summed E-state index contributed by atoms with van der Waals surface area (Å²) in [7, 11) is 0. The fourth-order valence-electron chi connectivity index (χ4n) is 0.777.